The fourth-order valence-electron chi connectivity index (χ4n) is 1.50. The summed E-state index contributed by atoms with van der Waals surface area (Å²) in [5, 5.41) is 3.07. The van der Waals surface area contributed by atoms with E-state index in [0.717, 1.165) is 6.42 Å². The number of alkyl halides is 1. The van der Waals surface area contributed by atoms with Crippen molar-refractivity contribution >= 4 is 40.8 Å². The summed E-state index contributed by atoms with van der Waals surface area (Å²) in [6.07, 6.45) is 1.84. The zero-order chi connectivity index (χ0) is 14.3. The van der Waals surface area contributed by atoms with Gasteiger partial charge in [0.1, 0.15) is 0 Å². The van der Waals surface area contributed by atoms with Crippen LogP contribution in [0.15, 0.2) is 18.2 Å². The van der Waals surface area contributed by atoms with Crippen molar-refractivity contribution < 1.29 is 14.3 Å². The first-order valence-electron chi connectivity index (χ1n) is 5.82. The van der Waals surface area contributed by atoms with Crippen LogP contribution in [0.2, 0.25) is 5.02 Å². The Morgan fingerprint density at radius 3 is 2.68 bits per heavy atom. The van der Waals surface area contributed by atoms with Gasteiger partial charge in [0.2, 0.25) is 5.91 Å². The summed E-state index contributed by atoms with van der Waals surface area (Å²) in [7, 11) is 1.27. The molecule has 1 N–H and O–H groups in total. The molecule has 1 amide bonds. The number of esters is 1. The first-order valence-corrected chi connectivity index (χ1v) is 6.73. The van der Waals surface area contributed by atoms with Gasteiger partial charge in [0.15, 0.2) is 0 Å². The second kappa shape index (κ2) is 8.02. The van der Waals surface area contributed by atoms with Crippen LogP contribution in [-0.2, 0) is 9.53 Å². The number of nitrogens with one attached hydrogen (secondary N) is 1. The summed E-state index contributed by atoms with van der Waals surface area (Å²) in [5.41, 5.74) is 0.632. The number of methoxy groups -OCH3 is 1. The highest BCUT2D eigenvalue weighted by atomic mass is 35.5. The standard InChI is InChI=1S/C13H15Cl2NO3/c1-19-13(18)10-8-9(15)5-6-11(10)16-12(17)4-2-3-7-14/h5-6,8H,2-4,7H2,1H3,(H,16,17). The molecule has 0 fully saturated rings. The van der Waals surface area contributed by atoms with Crippen LogP contribution in [0.5, 0.6) is 0 Å². The summed E-state index contributed by atoms with van der Waals surface area (Å²) in [6.45, 7) is 0. The Bertz CT molecular complexity index is 463. The lowest BCUT2D eigenvalue weighted by Crippen LogP contribution is -2.15. The Hall–Kier alpha value is -1.26. The Balaban J connectivity index is 2.77. The zero-order valence-electron chi connectivity index (χ0n) is 10.5. The van der Waals surface area contributed by atoms with Crippen LogP contribution < -0.4 is 5.32 Å². The summed E-state index contributed by atoms with van der Waals surface area (Å²) in [4.78, 5) is 23.3. The van der Waals surface area contributed by atoms with Crippen molar-refractivity contribution in [2.24, 2.45) is 0 Å². The molecule has 0 radical (unpaired) electrons. The lowest BCUT2D eigenvalue weighted by Gasteiger charge is -2.10. The van der Waals surface area contributed by atoms with Crippen LogP contribution in [0.1, 0.15) is 29.6 Å². The molecule has 0 aliphatic rings. The largest absolute Gasteiger partial charge is 0.465 e. The van der Waals surface area contributed by atoms with Gasteiger partial charge in [-0.3, -0.25) is 4.79 Å². The maximum Gasteiger partial charge on any atom is 0.340 e. The highest BCUT2D eigenvalue weighted by Gasteiger charge is 2.14. The first kappa shape index (κ1) is 15.8. The topological polar surface area (TPSA) is 55.4 Å². The number of rotatable bonds is 6. The molecule has 0 bridgehead atoms. The molecule has 0 heterocycles. The molecule has 0 aromatic heterocycles. The second-order valence-corrected chi connectivity index (χ2v) is 4.69. The molecule has 1 rings (SSSR count). The van der Waals surface area contributed by atoms with Gasteiger partial charge in [0, 0.05) is 17.3 Å². The van der Waals surface area contributed by atoms with E-state index in [1.165, 1.54) is 13.2 Å². The molecule has 0 unspecified atom stereocenters. The quantitative estimate of drug-likeness (QED) is 0.497. The zero-order valence-corrected chi connectivity index (χ0v) is 12.1. The minimum atomic E-state index is -0.543. The molecule has 104 valence electrons. The second-order valence-electron chi connectivity index (χ2n) is 3.88. The molecule has 6 heteroatoms. The summed E-state index contributed by atoms with van der Waals surface area (Å²) < 4.78 is 4.65. The smallest absolute Gasteiger partial charge is 0.340 e. The number of carbonyl (C=O) groups excluding carboxylic acids is 2. The third-order valence-corrected chi connectivity index (χ3v) is 2.95. The van der Waals surface area contributed by atoms with E-state index >= 15 is 0 Å². The first-order chi connectivity index (χ1) is 9.08. The van der Waals surface area contributed by atoms with Gasteiger partial charge < -0.3 is 10.1 Å². The van der Waals surface area contributed by atoms with E-state index in [4.69, 9.17) is 23.2 Å². The van der Waals surface area contributed by atoms with Gasteiger partial charge in [-0.2, -0.15) is 0 Å². The van der Waals surface area contributed by atoms with Crippen molar-refractivity contribution in [2.45, 2.75) is 19.3 Å². The minimum absolute atomic E-state index is 0.169. The van der Waals surface area contributed by atoms with E-state index < -0.39 is 5.97 Å². The van der Waals surface area contributed by atoms with Crippen LogP contribution in [-0.4, -0.2) is 24.9 Å². The fraction of sp³-hybridized carbons (Fsp3) is 0.385. The van der Waals surface area contributed by atoms with E-state index in [1.54, 1.807) is 12.1 Å². The summed E-state index contributed by atoms with van der Waals surface area (Å²) in [5.74, 6) is -0.182. The molecule has 1 aromatic carbocycles. The Morgan fingerprint density at radius 1 is 1.32 bits per heavy atom. The molecule has 0 spiro atoms. The van der Waals surface area contributed by atoms with Crippen molar-refractivity contribution in [3.63, 3.8) is 0 Å². The molecular weight excluding hydrogens is 289 g/mol. The number of halogens is 2. The van der Waals surface area contributed by atoms with Crippen LogP contribution >= 0.6 is 23.2 Å². The van der Waals surface area contributed by atoms with Gasteiger partial charge in [-0.05, 0) is 31.0 Å². The van der Waals surface area contributed by atoms with Gasteiger partial charge in [0.25, 0.3) is 0 Å². The molecule has 0 atom stereocenters. The van der Waals surface area contributed by atoms with Gasteiger partial charge in [-0.15, -0.1) is 11.6 Å². The number of carbonyl (C=O) groups is 2. The summed E-state index contributed by atoms with van der Waals surface area (Å²) >= 11 is 11.4. The van der Waals surface area contributed by atoms with Gasteiger partial charge >= 0.3 is 5.97 Å². The van der Waals surface area contributed by atoms with E-state index in [9.17, 15) is 9.59 Å². The van der Waals surface area contributed by atoms with E-state index in [0.29, 0.717) is 29.4 Å². The van der Waals surface area contributed by atoms with Crippen LogP contribution in [0.4, 0.5) is 5.69 Å². The van der Waals surface area contributed by atoms with Crippen molar-refractivity contribution in [1.29, 1.82) is 0 Å². The molecular formula is C13H15Cl2NO3. The predicted molar refractivity (Wildman–Crippen MR) is 76.0 cm³/mol. The molecule has 0 aliphatic carbocycles. The van der Waals surface area contributed by atoms with E-state index in [-0.39, 0.29) is 11.5 Å². The highest BCUT2D eigenvalue weighted by molar-refractivity contribution is 6.31. The SMILES string of the molecule is COC(=O)c1cc(Cl)ccc1NC(=O)CCCCCl. The Labute approximate surface area is 122 Å². The predicted octanol–water partition coefficient (Wildman–Crippen LogP) is 3.47. The maximum atomic E-state index is 11.7. The minimum Gasteiger partial charge on any atom is -0.465 e. The number of anilines is 1. The van der Waals surface area contributed by atoms with Gasteiger partial charge in [-0.1, -0.05) is 11.6 Å². The number of hydrogen-bond acceptors (Lipinski definition) is 3. The number of unbranched alkanes of at least 4 members (excludes halogenated alkanes) is 1. The maximum absolute atomic E-state index is 11.7. The van der Waals surface area contributed by atoms with Gasteiger partial charge in [0.05, 0.1) is 18.4 Å². The molecule has 4 nitrogen and oxygen atoms in total. The van der Waals surface area contributed by atoms with Crippen molar-refractivity contribution in [3.05, 3.63) is 28.8 Å². The number of benzene rings is 1. The number of ether oxygens (including phenoxy) is 1. The highest BCUT2D eigenvalue weighted by Crippen LogP contribution is 2.21. The molecule has 19 heavy (non-hydrogen) atoms. The molecule has 1 aromatic rings. The molecule has 0 aliphatic heterocycles. The van der Waals surface area contributed by atoms with Gasteiger partial charge in [-0.25, -0.2) is 4.79 Å². The van der Waals surface area contributed by atoms with E-state index in [2.05, 4.69) is 10.1 Å². The van der Waals surface area contributed by atoms with Crippen molar-refractivity contribution in [2.75, 3.05) is 18.3 Å². The third-order valence-electron chi connectivity index (χ3n) is 2.45. The van der Waals surface area contributed by atoms with Crippen LogP contribution in [0.3, 0.4) is 0 Å². The van der Waals surface area contributed by atoms with Crippen LogP contribution in [0.25, 0.3) is 0 Å². The number of amides is 1. The Kier molecular flexibility index (Phi) is 6.67. The average Bonchev–Trinajstić information content (AvgIpc) is 2.40. The average molecular weight is 304 g/mol. The van der Waals surface area contributed by atoms with Crippen LogP contribution in [0, 0.1) is 0 Å². The lowest BCUT2D eigenvalue weighted by molar-refractivity contribution is -0.116. The molecule has 0 saturated heterocycles. The third kappa shape index (κ3) is 5.09. The normalized spacial score (nSPS) is 10.1. The van der Waals surface area contributed by atoms with Crippen molar-refractivity contribution in [1.82, 2.24) is 0 Å². The fourth-order valence-corrected chi connectivity index (χ4v) is 1.86. The number of hydrogen-bond donors (Lipinski definition) is 1. The monoisotopic (exact) mass is 303 g/mol. The molecule has 0 saturated carbocycles. The van der Waals surface area contributed by atoms with Crippen molar-refractivity contribution in [3.8, 4) is 0 Å². The van der Waals surface area contributed by atoms with E-state index in [1.807, 2.05) is 0 Å². The summed E-state index contributed by atoms with van der Waals surface area (Å²) in [6, 6.07) is 4.64. The Morgan fingerprint density at radius 2 is 2.05 bits per heavy atom. The lowest BCUT2D eigenvalue weighted by atomic mass is 10.1.